The summed E-state index contributed by atoms with van der Waals surface area (Å²) in [4.78, 5) is 8.47. The lowest BCUT2D eigenvalue weighted by atomic mass is 13.8. The van der Waals surface area contributed by atoms with Crippen LogP contribution in [-0.2, 0) is 0 Å². The second kappa shape index (κ2) is 0.655. The lowest BCUT2D eigenvalue weighted by molar-refractivity contribution is -0.969. The van der Waals surface area contributed by atoms with Crippen molar-refractivity contribution < 1.29 is 15.5 Å². The van der Waals surface area contributed by atoms with Gasteiger partial charge < -0.3 is 0 Å². The molecule has 0 unspecified atom stereocenters. The van der Waals surface area contributed by atoms with E-state index in [1.807, 2.05) is 0 Å². The van der Waals surface area contributed by atoms with Crippen LogP contribution < -0.4 is 0 Å². The molecule has 0 aromatic heterocycles. The summed E-state index contributed by atoms with van der Waals surface area (Å²) in [7, 11) is 0. The minimum atomic E-state index is -1.25. The van der Waals surface area contributed by atoms with Gasteiger partial charge in [0.05, 0.1) is 0 Å². The predicted octanol–water partition coefficient (Wildman–Crippen LogP) is -0.456. The molecule has 4 heteroatoms. The van der Waals surface area contributed by atoms with Crippen LogP contribution in [0.5, 0.6) is 0 Å². The van der Waals surface area contributed by atoms with Gasteiger partial charge in [-0.2, -0.15) is 0 Å². The summed E-state index contributed by atoms with van der Waals surface area (Å²) >= 11 is 0. The molecule has 0 aliphatic rings. The molecule has 0 fully saturated rings. The summed E-state index contributed by atoms with van der Waals surface area (Å²) in [5.74, 6) is 0. The topological polar surface area (TPSA) is 60.5 Å². The fourth-order valence-electron chi connectivity index (χ4n) is 0. The smallest absolute Gasteiger partial charge is 0.201 e. The first kappa shape index (κ1) is 3.20. The Morgan fingerprint density at radius 2 is 1.50 bits per heavy atom. The third-order valence-electron chi connectivity index (χ3n) is 0. The zero-order valence-corrected chi connectivity index (χ0v) is 1.75. The summed E-state index contributed by atoms with van der Waals surface area (Å²) < 4.78 is 0. The highest BCUT2D eigenvalue weighted by atomic mass is 17.2. The largest absolute Gasteiger partial charge is 0.472 e. The van der Waals surface area contributed by atoms with E-state index in [-0.39, 0.29) is 0 Å². The summed E-state index contributed by atoms with van der Waals surface area (Å²) in [5.41, 5.74) is 0. The first-order chi connectivity index (χ1) is 1.73. The summed E-state index contributed by atoms with van der Waals surface area (Å²) in [6.07, 6.45) is 0. The van der Waals surface area contributed by atoms with Crippen LogP contribution in [-0.4, -0.2) is 15.5 Å². The van der Waals surface area contributed by atoms with Crippen LogP contribution in [0.2, 0.25) is 0 Å². The van der Waals surface area contributed by atoms with Gasteiger partial charge in [-0.05, 0) is 0 Å². The Kier molecular flexibility index (Phi) is 0.524. The van der Waals surface area contributed by atoms with E-state index in [0.29, 0.717) is 0 Å². The molecule has 0 spiro atoms. The Morgan fingerprint density at radius 1 is 1.50 bits per heavy atom. The van der Waals surface area contributed by atoms with Crippen LogP contribution in [0.4, 0.5) is 0 Å². The first-order valence-corrected chi connectivity index (χ1v) is 0.583. The van der Waals surface area contributed by atoms with Gasteiger partial charge in [-0.3, -0.25) is 0 Å². The highest BCUT2D eigenvalue weighted by Crippen LogP contribution is 1.31. The molecule has 24 valence electrons. The molecular formula is H2NO3+. The van der Waals surface area contributed by atoms with E-state index < -0.39 is 5.09 Å². The van der Waals surface area contributed by atoms with E-state index in [1.54, 1.807) is 0 Å². The van der Waals surface area contributed by atoms with E-state index in [4.69, 9.17) is 15.3 Å². The highest BCUT2D eigenvalue weighted by molar-refractivity contribution is 3.56. The SMILES string of the molecule is O=[15N+](O)O. The third kappa shape index (κ3) is 0.0750. The number of nitrogens with zero attached hydrogens (tertiary/aromatic N) is 1. The van der Waals surface area contributed by atoms with E-state index in [9.17, 15) is 0 Å². The maximum atomic E-state index is 8.47. The normalized spacial score (nSPS) is 6.00. The van der Waals surface area contributed by atoms with Gasteiger partial charge in [0.2, 0.25) is 0 Å². The van der Waals surface area contributed by atoms with Gasteiger partial charge in [-0.15, -0.1) is 0 Å². The molecule has 0 aliphatic heterocycles. The van der Waals surface area contributed by atoms with E-state index in [0.717, 1.165) is 0 Å². The highest BCUT2D eigenvalue weighted by Gasteiger charge is 1.78. The van der Waals surface area contributed by atoms with Crippen LogP contribution in [0.1, 0.15) is 0 Å². The Morgan fingerprint density at radius 3 is 1.50 bits per heavy atom. The minimum absolute atomic E-state index is 1.25. The average molecular weight is 65.0 g/mol. The second-order valence-corrected chi connectivity index (χ2v) is 0.253. The monoisotopic (exact) mass is 65.0 g/mol. The molecule has 0 saturated carbocycles. The molecule has 0 heterocycles. The van der Waals surface area contributed by atoms with Gasteiger partial charge in [0.1, 0.15) is 4.91 Å². The molecule has 0 radical (unpaired) electrons. The molecule has 0 saturated heterocycles. The summed E-state index contributed by atoms with van der Waals surface area (Å²) in [6.45, 7) is 0. The number of rotatable bonds is 0. The van der Waals surface area contributed by atoms with Crippen LogP contribution in [0.3, 0.4) is 0 Å². The van der Waals surface area contributed by atoms with Crippen LogP contribution >= 0.6 is 0 Å². The van der Waals surface area contributed by atoms with Crippen molar-refractivity contribution in [2.45, 2.75) is 0 Å². The predicted molar refractivity (Wildman–Crippen MR) is 7.20 cm³/mol. The van der Waals surface area contributed by atoms with Gasteiger partial charge in [-0.1, -0.05) is 0 Å². The van der Waals surface area contributed by atoms with Crippen LogP contribution in [0.15, 0.2) is 0 Å². The van der Waals surface area contributed by atoms with Crippen molar-refractivity contribution in [3.8, 4) is 0 Å². The molecule has 0 aliphatic carbocycles. The van der Waals surface area contributed by atoms with Gasteiger partial charge in [-0.25, -0.2) is 10.4 Å². The van der Waals surface area contributed by atoms with E-state index in [2.05, 4.69) is 0 Å². The lowest BCUT2D eigenvalue weighted by Crippen LogP contribution is -1.87. The Bertz CT molecular complexity index is 26.3. The first-order valence-electron chi connectivity index (χ1n) is 0.583. The lowest BCUT2D eigenvalue weighted by Gasteiger charge is -1.45. The fourth-order valence-corrected chi connectivity index (χ4v) is 0. The third-order valence-corrected chi connectivity index (χ3v) is 0. The maximum absolute atomic E-state index is 8.47. The summed E-state index contributed by atoms with van der Waals surface area (Å²) in [5, 5.41) is 12.5. The zero-order valence-electron chi connectivity index (χ0n) is 1.75. The van der Waals surface area contributed by atoms with Crippen molar-refractivity contribution >= 4 is 0 Å². The molecule has 0 aromatic carbocycles. The average Bonchev–Trinajstić information content (AvgIpc) is 0.811. The molecule has 4 heavy (non-hydrogen) atoms. The molecule has 0 aromatic rings. The van der Waals surface area contributed by atoms with Crippen molar-refractivity contribution in [2.24, 2.45) is 0 Å². The molecule has 0 rings (SSSR count). The Balaban J connectivity index is 2.80. The fraction of sp³-hybridized carbons (Fsp3) is 0. The standard InChI is InChI=1S/H2NO3/c2-1(3)4/h(H2,2,3,4)/q+1/i1+1. The molecule has 4 nitrogen and oxygen atoms in total. The Hall–Kier alpha value is -0.800. The van der Waals surface area contributed by atoms with Crippen molar-refractivity contribution in [2.75, 3.05) is 0 Å². The van der Waals surface area contributed by atoms with E-state index in [1.165, 1.54) is 0 Å². The van der Waals surface area contributed by atoms with Crippen molar-refractivity contribution in [3.63, 3.8) is 0 Å². The van der Waals surface area contributed by atoms with Gasteiger partial charge >= 0.3 is 5.09 Å². The number of hydrogen-bond acceptors (Lipinski definition) is 1. The quantitative estimate of drug-likeness (QED) is 0.296. The van der Waals surface area contributed by atoms with Gasteiger partial charge in [0.25, 0.3) is 0 Å². The van der Waals surface area contributed by atoms with Crippen molar-refractivity contribution in [3.05, 3.63) is 4.91 Å². The second-order valence-electron chi connectivity index (χ2n) is 0.253. The minimum Gasteiger partial charge on any atom is -0.201 e. The van der Waals surface area contributed by atoms with Crippen molar-refractivity contribution in [1.29, 1.82) is 0 Å². The van der Waals surface area contributed by atoms with Crippen LogP contribution in [0.25, 0.3) is 0 Å². The maximum Gasteiger partial charge on any atom is 0.472 e. The molecule has 2 N–H and O–H groups in total. The summed E-state index contributed by atoms with van der Waals surface area (Å²) in [6, 6.07) is 0. The number of hydrogen-bond donors (Lipinski definition) is 2. The molecule has 0 bridgehead atoms. The van der Waals surface area contributed by atoms with Gasteiger partial charge in [0, 0.05) is 0 Å². The van der Waals surface area contributed by atoms with E-state index >= 15 is 0 Å². The molecule has 0 amide bonds. The zero-order chi connectivity index (χ0) is 3.58. The molecule has 0 atom stereocenters. The molecular weight excluding hydrogens is 63.0 g/mol. The van der Waals surface area contributed by atoms with Crippen molar-refractivity contribution in [1.82, 2.24) is 0 Å². The van der Waals surface area contributed by atoms with Gasteiger partial charge in [0.15, 0.2) is 0 Å². The van der Waals surface area contributed by atoms with Crippen LogP contribution in [0, 0.1) is 4.91 Å². The Labute approximate surface area is 21.8 Å².